The van der Waals surface area contributed by atoms with Gasteiger partial charge in [0.15, 0.2) is 0 Å². The molecular weight excluding hydrogens is 200 g/mol. The summed E-state index contributed by atoms with van der Waals surface area (Å²) in [5.41, 5.74) is 16.2. The van der Waals surface area contributed by atoms with Crippen molar-refractivity contribution in [3.8, 4) is 0 Å². The molecule has 1 aliphatic carbocycles. The fourth-order valence-electron chi connectivity index (χ4n) is 1.79. The van der Waals surface area contributed by atoms with E-state index in [1.807, 2.05) is 0 Å². The van der Waals surface area contributed by atoms with E-state index in [2.05, 4.69) is 20.1 Å². The third kappa shape index (κ3) is 2.46. The molecule has 0 aromatic heterocycles. The van der Waals surface area contributed by atoms with Crippen LogP contribution in [0, 0.1) is 11.8 Å². The molecule has 2 atom stereocenters. The zero-order chi connectivity index (χ0) is 11.3. The quantitative estimate of drug-likeness (QED) is 0.390. The molecule has 0 radical (unpaired) electrons. The van der Waals surface area contributed by atoms with E-state index in [4.69, 9.17) is 11.1 Å². The van der Waals surface area contributed by atoms with Crippen LogP contribution in [0.4, 0.5) is 0 Å². The fraction of sp³-hybridized carbons (Fsp3) is 0.714. The van der Waals surface area contributed by atoms with Crippen LogP contribution in [0.2, 0.25) is 0 Å². The zero-order valence-electron chi connectivity index (χ0n) is 7.78. The van der Waals surface area contributed by atoms with Crippen molar-refractivity contribution in [2.75, 3.05) is 0 Å². The van der Waals surface area contributed by atoms with Gasteiger partial charge < -0.3 is 0 Å². The number of carbonyl (C=O) groups is 2. The van der Waals surface area contributed by atoms with Gasteiger partial charge in [-0.05, 0) is 34.1 Å². The Bertz CT molecular complexity index is 343. The van der Waals surface area contributed by atoms with Gasteiger partial charge in [-0.1, -0.05) is 6.42 Å². The van der Waals surface area contributed by atoms with Crippen molar-refractivity contribution in [3.63, 3.8) is 0 Å². The van der Waals surface area contributed by atoms with E-state index >= 15 is 0 Å². The molecule has 8 nitrogen and oxygen atoms in total. The summed E-state index contributed by atoms with van der Waals surface area (Å²) in [4.78, 5) is 27.3. The summed E-state index contributed by atoms with van der Waals surface area (Å²) >= 11 is 0. The minimum absolute atomic E-state index is 0.495. The molecule has 1 aliphatic rings. The average Bonchev–Trinajstić information content (AvgIpc) is 2.66. The lowest BCUT2D eigenvalue weighted by Crippen LogP contribution is -2.22. The number of rotatable bonds is 2. The first-order chi connectivity index (χ1) is 7.20. The van der Waals surface area contributed by atoms with Crippen LogP contribution in [0.1, 0.15) is 19.3 Å². The maximum absolute atomic E-state index is 11.3. The largest absolute Gasteiger partial charge is 0.292 e. The van der Waals surface area contributed by atoms with Crippen LogP contribution in [-0.2, 0) is 9.59 Å². The molecule has 0 aliphatic heterocycles. The van der Waals surface area contributed by atoms with E-state index in [1.54, 1.807) is 0 Å². The molecule has 78 valence electrons. The maximum Gasteiger partial charge on any atom is 0.222 e. The van der Waals surface area contributed by atoms with E-state index in [0.717, 1.165) is 0 Å². The van der Waals surface area contributed by atoms with Crippen molar-refractivity contribution < 1.29 is 9.59 Å². The third-order valence-corrected chi connectivity index (χ3v) is 2.44. The first-order valence-electron chi connectivity index (χ1n) is 4.38. The average molecular weight is 208 g/mol. The second-order valence-electron chi connectivity index (χ2n) is 3.20. The molecule has 0 unspecified atom stereocenters. The van der Waals surface area contributed by atoms with E-state index < -0.39 is 23.7 Å². The van der Waals surface area contributed by atoms with Crippen LogP contribution in [0.3, 0.4) is 0 Å². The van der Waals surface area contributed by atoms with Gasteiger partial charge >= 0.3 is 0 Å². The minimum Gasteiger partial charge on any atom is -0.292 e. The first-order valence-corrected chi connectivity index (χ1v) is 4.38. The molecule has 0 saturated heterocycles. The Labute approximate surface area is 84.5 Å². The summed E-state index contributed by atoms with van der Waals surface area (Å²) < 4.78 is 0. The molecule has 8 heteroatoms. The molecule has 0 bridgehead atoms. The van der Waals surface area contributed by atoms with Crippen molar-refractivity contribution in [2.45, 2.75) is 19.3 Å². The van der Waals surface area contributed by atoms with Gasteiger partial charge in [0.05, 0.1) is 0 Å². The second-order valence-corrected chi connectivity index (χ2v) is 3.20. The lowest BCUT2D eigenvalue weighted by molar-refractivity contribution is -0.130. The highest BCUT2D eigenvalue weighted by Gasteiger charge is 2.36. The van der Waals surface area contributed by atoms with Crippen molar-refractivity contribution in [3.05, 3.63) is 20.9 Å². The molecule has 0 spiro atoms. The lowest BCUT2D eigenvalue weighted by atomic mass is 9.95. The molecule has 1 rings (SSSR count). The third-order valence-electron chi connectivity index (χ3n) is 2.44. The zero-order valence-corrected chi connectivity index (χ0v) is 7.78. The Morgan fingerprint density at radius 3 is 1.73 bits per heavy atom. The Balaban J connectivity index is 2.81. The summed E-state index contributed by atoms with van der Waals surface area (Å²) in [5.74, 6) is -2.55. The van der Waals surface area contributed by atoms with Crippen LogP contribution >= 0.6 is 0 Å². The van der Waals surface area contributed by atoms with E-state index in [-0.39, 0.29) is 0 Å². The number of amides is 2. The van der Waals surface area contributed by atoms with E-state index in [1.165, 1.54) is 0 Å². The van der Waals surface area contributed by atoms with Gasteiger partial charge in [-0.3, -0.25) is 9.59 Å². The molecule has 0 N–H and O–H groups in total. The minimum atomic E-state index is -0.651. The van der Waals surface area contributed by atoms with Crippen LogP contribution < -0.4 is 0 Å². The molecule has 1 saturated carbocycles. The standard InChI is InChI=1S/C7H8N6O2/c8-12-10-6(14)4-2-1-3-5(4)7(15)11-13-9/h4-5H,1-3H2/t4-,5-/m0/s1. The van der Waals surface area contributed by atoms with Gasteiger partial charge in [-0.25, -0.2) is 0 Å². The van der Waals surface area contributed by atoms with Crippen molar-refractivity contribution in [2.24, 2.45) is 22.1 Å². The van der Waals surface area contributed by atoms with Gasteiger partial charge in [-0.15, -0.1) is 0 Å². The Hall–Kier alpha value is -2.04. The second kappa shape index (κ2) is 4.99. The summed E-state index contributed by atoms with van der Waals surface area (Å²) in [6.45, 7) is 0. The Morgan fingerprint density at radius 2 is 1.40 bits per heavy atom. The summed E-state index contributed by atoms with van der Waals surface area (Å²) in [7, 11) is 0. The lowest BCUT2D eigenvalue weighted by Gasteiger charge is -2.11. The Kier molecular flexibility index (Phi) is 3.68. The molecule has 0 aromatic rings. The van der Waals surface area contributed by atoms with Crippen molar-refractivity contribution in [1.29, 1.82) is 0 Å². The van der Waals surface area contributed by atoms with Gasteiger partial charge in [0.1, 0.15) is 0 Å². The summed E-state index contributed by atoms with van der Waals surface area (Å²) in [5, 5.41) is 5.91. The smallest absolute Gasteiger partial charge is 0.222 e. The number of hydrogen-bond acceptors (Lipinski definition) is 2. The van der Waals surface area contributed by atoms with Crippen LogP contribution in [0.5, 0.6) is 0 Å². The number of hydrogen-bond donors (Lipinski definition) is 0. The molecule has 0 aromatic carbocycles. The number of carbonyl (C=O) groups excluding carboxylic acids is 2. The molecular formula is C7H8N6O2. The SMILES string of the molecule is [N-]=[N+]=NC(=O)[C@H]1CCC[C@@H]1C(=O)N=[N+]=[N-]. The normalized spacial score (nSPS) is 23.7. The molecule has 1 fully saturated rings. The van der Waals surface area contributed by atoms with Crippen molar-refractivity contribution >= 4 is 11.8 Å². The number of azide groups is 2. The predicted octanol–water partition coefficient (Wildman–Crippen LogP) is 2.08. The van der Waals surface area contributed by atoms with Gasteiger partial charge in [0, 0.05) is 21.7 Å². The topological polar surface area (TPSA) is 132 Å². The van der Waals surface area contributed by atoms with E-state index in [9.17, 15) is 9.59 Å². The van der Waals surface area contributed by atoms with Gasteiger partial charge in [0.25, 0.3) is 0 Å². The predicted molar refractivity (Wildman–Crippen MR) is 49.1 cm³/mol. The molecule has 0 heterocycles. The molecule has 2 amide bonds. The first kappa shape index (κ1) is 11.0. The monoisotopic (exact) mass is 208 g/mol. The fourth-order valence-corrected chi connectivity index (χ4v) is 1.79. The van der Waals surface area contributed by atoms with Gasteiger partial charge in [0.2, 0.25) is 11.8 Å². The van der Waals surface area contributed by atoms with Crippen molar-refractivity contribution in [1.82, 2.24) is 0 Å². The van der Waals surface area contributed by atoms with E-state index in [0.29, 0.717) is 19.3 Å². The molecule has 15 heavy (non-hydrogen) atoms. The number of nitrogens with zero attached hydrogens (tertiary/aromatic N) is 6. The van der Waals surface area contributed by atoms with Crippen LogP contribution in [0.25, 0.3) is 20.9 Å². The Morgan fingerprint density at radius 1 is 1.00 bits per heavy atom. The van der Waals surface area contributed by atoms with Gasteiger partial charge in [-0.2, -0.15) is 0 Å². The summed E-state index contributed by atoms with van der Waals surface area (Å²) in [6.07, 6.45) is 1.68. The maximum atomic E-state index is 11.3. The van der Waals surface area contributed by atoms with Crippen LogP contribution in [0.15, 0.2) is 10.2 Å². The summed E-state index contributed by atoms with van der Waals surface area (Å²) in [6, 6.07) is 0. The highest BCUT2D eigenvalue weighted by molar-refractivity contribution is 5.88. The van der Waals surface area contributed by atoms with Crippen LogP contribution in [-0.4, -0.2) is 11.8 Å². The highest BCUT2D eigenvalue weighted by atomic mass is 16.2. The highest BCUT2D eigenvalue weighted by Crippen LogP contribution is 2.33.